The zero-order valence-corrected chi connectivity index (χ0v) is 10.3. The highest BCUT2D eigenvalue weighted by Gasteiger charge is 2.19. The number of carbonyl (C=O) groups is 1. The third kappa shape index (κ3) is 3.32. The van der Waals surface area contributed by atoms with Crippen molar-refractivity contribution in [2.24, 2.45) is 5.92 Å². The van der Waals surface area contributed by atoms with Gasteiger partial charge in [-0.15, -0.1) is 0 Å². The molecule has 1 fully saturated rings. The van der Waals surface area contributed by atoms with Crippen molar-refractivity contribution in [3.8, 4) is 0 Å². The van der Waals surface area contributed by atoms with Crippen LogP contribution in [0, 0.1) is 5.92 Å². The lowest BCUT2D eigenvalue weighted by atomic mass is 9.87. The summed E-state index contributed by atoms with van der Waals surface area (Å²) in [5.74, 6) is 0.0901. The van der Waals surface area contributed by atoms with E-state index in [1.54, 1.807) is 0 Å². The molecule has 17 heavy (non-hydrogen) atoms. The van der Waals surface area contributed by atoms with Crippen LogP contribution in [0.3, 0.4) is 0 Å². The van der Waals surface area contributed by atoms with E-state index in [4.69, 9.17) is 5.11 Å². The molecule has 1 aromatic heterocycles. The predicted molar refractivity (Wildman–Crippen MR) is 64.9 cm³/mol. The number of aromatic nitrogens is 2. The average Bonchev–Trinajstić information content (AvgIpc) is 2.76. The first kappa shape index (κ1) is 12.1. The van der Waals surface area contributed by atoms with Crippen molar-refractivity contribution in [3.05, 3.63) is 18.2 Å². The zero-order chi connectivity index (χ0) is 12.3. The lowest BCUT2D eigenvalue weighted by Crippen LogP contribution is -2.15. The van der Waals surface area contributed by atoms with Gasteiger partial charge < -0.3 is 9.67 Å². The summed E-state index contributed by atoms with van der Waals surface area (Å²) in [6, 6.07) is 0.567. The van der Waals surface area contributed by atoms with E-state index in [-0.39, 0.29) is 6.42 Å². The molecule has 1 heterocycles. The Bertz CT molecular complexity index is 379. The van der Waals surface area contributed by atoms with Gasteiger partial charge >= 0.3 is 5.97 Å². The van der Waals surface area contributed by atoms with Crippen molar-refractivity contribution in [2.75, 3.05) is 0 Å². The Morgan fingerprint density at radius 3 is 2.82 bits per heavy atom. The summed E-state index contributed by atoms with van der Waals surface area (Å²) in [5, 5.41) is 8.62. The minimum Gasteiger partial charge on any atom is -0.481 e. The highest BCUT2D eigenvalue weighted by Crippen LogP contribution is 2.31. The van der Waals surface area contributed by atoms with Crippen LogP contribution in [-0.4, -0.2) is 20.6 Å². The fraction of sp³-hybridized carbons (Fsp3) is 0.692. The molecule has 0 bridgehead atoms. The Hall–Kier alpha value is -1.32. The molecule has 0 aliphatic heterocycles. The Kier molecular flexibility index (Phi) is 3.82. The maximum Gasteiger partial charge on any atom is 0.303 e. The maximum absolute atomic E-state index is 10.5. The third-order valence-electron chi connectivity index (χ3n) is 3.66. The second kappa shape index (κ2) is 5.34. The summed E-state index contributed by atoms with van der Waals surface area (Å²) < 4.78 is 2.17. The Balaban J connectivity index is 1.91. The van der Waals surface area contributed by atoms with Crippen molar-refractivity contribution >= 4 is 5.97 Å². The number of aliphatic carboxylic acids is 1. The number of nitrogens with zero attached hydrogens (tertiary/aromatic N) is 2. The number of imidazole rings is 1. The molecule has 1 aliphatic carbocycles. The summed E-state index contributed by atoms with van der Waals surface area (Å²) in [7, 11) is 0. The van der Waals surface area contributed by atoms with Crippen molar-refractivity contribution in [1.82, 2.24) is 9.55 Å². The van der Waals surface area contributed by atoms with Crippen molar-refractivity contribution in [2.45, 2.75) is 51.5 Å². The van der Waals surface area contributed by atoms with Gasteiger partial charge in [0.05, 0.1) is 18.4 Å². The number of carboxylic acids is 1. The molecule has 0 atom stereocenters. The van der Waals surface area contributed by atoms with E-state index in [1.165, 1.54) is 25.7 Å². The van der Waals surface area contributed by atoms with Crippen LogP contribution < -0.4 is 0 Å². The van der Waals surface area contributed by atoms with E-state index in [0.29, 0.717) is 12.5 Å². The zero-order valence-electron chi connectivity index (χ0n) is 10.3. The van der Waals surface area contributed by atoms with Crippen LogP contribution in [0.4, 0.5) is 0 Å². The molecule has 1 aromatic rings. The van der Waals surface area contributed by atoms with Crippen molar-refractivity contribution < 1.29 is 9.90 Å². The van der Waals surface area contributed by atoms with Gasteiger partial charge in [-0.25, -0.2) is 4.98 Å². The molecule has 0 radical (unpaired) electrons. The molecule has 0 amide bonds. The van der Waals surface area contributed by atoms with E-state index in [1.807, 2.05) is 12.5 Å². The summed E-state index contributed by atoms with van der Waals surface area (Å²) in [6.45, 7) is 2.31. The van der Waals surface area contributed by atoms with E-state index >= 15 is 0 Å². The molecular weight excluding hydrogens is 216 g/mol. The fourth-order valence-corrected chi connectivity index (χ4v) is 2.48. The molecule has 1 N–H and O–H groups in total. The number of rotatable bonds is 4. The Morgan fingerprint density at radius 1 is 1.47 bits per heavy atom. The van der Waals surface area contributed by atoms with E-state index in [0.717, 1.165) is 11.6 Å². The van der Waals surface area contributed by atoms with Crippen LogP contribution in [0.25, 0.3) is 0 Å². The summed E-state index contributed by atoms with van der Waals surface area (Å²) in [6.07, 6.45) is 9.58. The molecule has 1 aliphatic rings. The molecule has 0 saturated heterocycles. The summed E-state index contributed by atoms with van der Waals surface area (Å²) in [4.78, 5) is 14.8. The predicted octanol–water partition coefficient (Wildman–Crippen LogP) is 2.65. The maximum atomic E-state index is 10.5. The SMILES string of the molecule is C[C@H]1CC[C@H](n2cnc(CCC(=O)O)c2)CC1. The lowest BCUT2D eigenvalue weighted by molar-refractivity contribution is -0.136. The molecule has 2 rings (SSSR count). The molecule has 0 spiro atoms. The van der Waals surface area contributed by atoms with Crippen LogP contribution in [0.2, 0.25) is 0 Å². The molecule has 0 aromatic carbocycles. The quantitative estimate of drug-likeness (QED) is 0.874. The summed E-state index contributed by atoms with van der Waals surface area (Å²) in [5.41, 5.74) is 0.894. The monoisotopic (exact) mass is 236 g/mol. The second-order valence-electron chi connectivity index (χ2n) is 5.12. The standard InChI is InChI=1S/C13H20N2O2/c1-10-2-5-12(6-3-10)15-8-11(14-9-15)4-7-13(16)17/h8-10,12H,2-7H2,1H3,(H,16,17)/t10-,12-. The first-order chi connectivity index (χ1) is 8.15. The fourth-order valence-electron chi connectivity index (χ4n) is 2.48. The van der Waals surface area contributed by atoms with Crippen LogP contribution in [0.15, 0.2) is 12.5 Å². The van der Waals surface area contributed by atoms with Gasteiger partial charge in [0.25, 0.3) is 0 Å². The Labute approximate surface area is 102 Å². The van der Waals surface area contributed by atoms with Crippen LogP contribution in [-0.2, 0) is 11.2 Å². The number of hydrogen-bond acceptors (Lipinski definition) is 2. The van der Waals surface area contributed by atoms with Crippen LogP contribution >= 0.6 is 0 Å². The second-order valence-corrected chi connectivity index (χ2v) is 5.12. The molecule has 4 heteroatoms. The lowest BCUT2D eigenvalue weighted by Gasteiger charge is -2.26. The van der Waals surface area contributed by atoms with Gasteiger partial charge in [0.2, 0.25) is 0 Å². The minimum atomic E-state index is -0.758. The van der Waals surface area contributed by atoms with E-state index < -0.39 is 5.97 Å². The highest BCUT2D eigenvalue weighted by atomic mass is 16.4. The van der Waals surface area contributed by atoms with E-state index in [9.17, 15) is 4.79 Å². The topological polar surface area (TPSA) is 55.1 Å². The van der Waals surface area contributed by atoms with Gasteiger partial charge in [-0.05, 0) is 31.6 Å². The van der Waals surface area contributed by atoms with Gasteiger partial charge in [0, 0.05) is 18.7 Å². The summed E-state index contributed by atoms with van der Waals surface area (Å²) >= 11 is 0. The van der Waals surface area contributed by atoms with Gasteiger partial charge in [0.1, 0.15) is 0 Å². The van der Waals surface area contributed by atoms with Gasteiger partial charge in [-0.2, -0.15) is 0 Å². The normalized spacial score (nSPS) is 24.8. The minimum absolute atomic E-state index is 0.165. The molecule has 0 unspecified atom stereocenters. The van der Waals surface area contributed by atoms with E-state index in [2.05, 4.69) is 16.5 Å². The first-order valence-electron chi connectivity index (χ1n) is 6.39. The van der Waals surface area contributed by atoms with Crippen molar-refractivity contribution in [1.29, 1.82) is 0 Å². The smallest absolute Gasteiger partial charge is 0.303 e. The van der Waals surface area contributed by atoms with Crippen LogP contribution in [0.5, 0.6) is 0 Å². The van der Waals surface area contributed by atoms with Crippen LogP contribution in [0.1, 0.15) is 50.8 Å². The molecular formula is C13H20N2O2. The first-order valence-corrected chi connectivity index (χ1v) is 6.39. The number of carboxylic acid groups (broad SMARTS) is 1. The average molecular weight is 236 g/mol. The molecule has 94 valence electrons. The van der Waals surface area contributed by atoms with Gasteiger partial charge in [0.15, 0.2) is 0 Å². The highest BCUT2D eigenvalue weighted by molar-refractivity contribution is 5.66. The van der Waals surface area contributed by atoms with Gasteiger partial charge in [-0.1, -0.05) is 6.92 Å². The molecule has 4 nitrogen and oxygen atoms in total. The largest absolute Gasteiger partial charge is 0.481 e. The number of aryl methyl sites for hydroxylation is 1. The third-order valence-corrected chi connectivity index (χ3v) is 3.66. The molecule has 1 saturated carbocycles. The number of hydrogen-bond donors (Lipinski definition) is 1. The van der Waals surface area contributed by atoms with Crippen molar-refractivity contribution in [3.63, 3.8) is 0 Å². The van der Waals surface area contributed by atoms with Gasteiger partial charge in [-0.3, -0.25) is 4.79 Å². The Morgan fingerprint density at radius 2 is 2.18 bits per heavy atom.